The number of aliphatic carboxylic acids is 1. The molecular formula is C12H14O5. The van der Waals surface area contributed by atoms with Crippen molar-refractivity contribution in [2.45, 2.75) is 6.92 Å². The Hall–Kier alpha value is -2.04. The average Bonchev–Trinajstić information content (AvgIpc) is 2.35. The van der Waals surface area contributed by atoms with Gasteiger partial charge in [0.15, 0.2) is 5.78 Å². The number of carbonyl (C=O) groups is 2. The number of ether oxygens (including phenoxy) is 2. The van der Waals surface area contributed by atoms with Gasteiger partial charge in [-0.1, -0.05) is 0 Å². The standard InChI is InChI=1S/C12H14O5/c1-7(12(14)15)11(13)9-6-8(16-2)4-5-10(9)17-3/h4-7H,1-3H3,(H,14,15). The first-order chi connectivity index (χ1) is 8.01. The number of hydrogen-bond acceptors (Lipinski definition) is 4. The van der Waals surface area contributed by atoms with Gasteiger partial charge < -0.3 is 14.6 Å². The highest BCUT2D eigenvalue weighted by molar-refractivity contribution is 6.09. The maximum atomic E-state index is 11.9. The van der Waals surface area contributed by atoms with Gasteiger partial charge in [0.1, 0.15) is 17.4 Å². The largest absolute Gasteiger partial charge is 0.497 e. The number of methoxy groups -OCH3 is 2. The van der Waals surface area contributed by atoms with E-state index in [1.54, 1.807) is 12.1 Å². The van der Waals surface area contributed by atoms with Gasteiger partial charge >= 0.3 is 5.97 Å². The second-order valence-corrected chi connectivity index (χ2v) is 3.49. The van der Waals surface area contributed by atoms with Gasteiger partial charge in [0.25, 0.3) is 0 Å². The molecule has 0 amide bonds. The summed E-state index contributed by atoms with van der Waals surface area (Å²) >= 11 is 0. The molecule has 5 heteroatoms. The highest BCUT2D eigenvalue weighted by atomic mass is 16.5. The van der Waals surface area contributed by atoms with Crippen LogP contribution in [0.5, 0.6) is 11.5 Å². The average molecular weight is 238 g/mol. The van der Waals surface area contributed by atoms with Gasteiger partial charge in [-0.05, 0) is 25.1 Å². The molecule has 0 aliphatic carbocycles. The molecule has 0 bridgehead atoms. The molecule has 17 heavy (non-hydrogen) atoms. The summed E-state index contributed by atoms with van der Waals surface area (Å²) in [6.45, 7) is 1.34. The van der Waals surface area contributed by atoms with E-state index in [1.807, 2.05) is 0 Å². The second-order valence-electron chi connectivity index (χ2n) is 3.49. The molecule has 1 aromatic carbocycles. The lowest BCUT2D eigenvalue weighted by molar-refractivity contribution is -0.139. The number of rotatable bonds is 5. The van der Waals surface area contributed by atoms with Crippen LogP contribution in [0.1, 0.15) is 17.3 Å². The topological polar surface area (TPSA) is 72.8 Å². The van der Waals surface area contributed by atoms with Crippen LogP contribution in [0.3, 0.4) is 0 Å². The van der Waals surface area contributed by atoms with Crippen molar-refractivity contribution in [3.05, 3.63) is 23.8 Å². The first-order valence-electron chi connectivity index (χ1n) is 5.00. The Balaban J connectivity index is 3.18. The van der Waals surface area contributed by atoms with E-state index >= 15 is 0 Å². The fraction of sp³-hybridized carbons (Fsp3) is 0.333. The van der Waals surface area contributed by atoms with Crippen molar-refractivity contribution in [3.8, 4) is 11.5 Å². The molecule has 1 N–H and O–H groups in total. The maximum Gasteiger partial charge on any atom is 0.314 e. The lowest BCUT2D eigenvalue weighted by atomic mass is 9.98. The molecular weight excluding hydrogens is 224 g/mol. The monoisotopic (exact) mass is 238 g/mol. The lowest BCUT2D eigenvalue weighted by Crippen LogP contribution is -2.21. The number of benzene rings is 1. The Morgan fingerprint density at radius 3 is 2.35 bits per heavy atom. The molecule has 5 nitrogen and oxygen atoms in total. The van der Waals surface area contributed by atoms with Crippen molar-refractivity contribution in [1.29, 1.82) is 0 Å². The van der Waals surface area contributed by atoms with Crippen LogP contribution in [-0.4, -0.2) is 31.1 Å². The molecule has 0 radical (unpaired) electrons. The summed E-state index contributed by atoms with van der Waals surface area (Å²) in [4.78, 5) is 22.7. The first kappa shape index (κ1) is 13.0. The zero-order valence-corrected chi connectivity index (χ0v) is 9.89. The molecule has 0 aliphatic heterocycles. The quantitative estimate of drug-likeness (QED) is 0.623. The summed E-state index contributed by atoms with van der Waals surface area (Å²) in [5.74, 6) is -1.97. The SMILES string of the molecule is COc1ccc(OC)c(C(=O)C(C)C(=O)O)c1. The molecule has 0 saturated carbocycles. The minimum Gasteiger partial charge on any atom is -0.497 e. The van der Waals surface area contributed by atoms with E-state index in [9.17, 15) is 9.59 Å². The van der Waals surface area contributed by atoms with Crippen molar-refractivity contribution >= 4 is 11.8 Å². The molecule has 0 saturated heterocycles. The number of Topliss-reactive ketones (excluding diaryl/α,β-unsaturated/α-hetero) is 1. The summed E-state index contributed by atoms with van der Waals surface area (Å²) in [5.41, 5.74) is 0.210. The first-order valence-corrected chi connectivity index (χ1v) is 5.00. The Morgan fingerprint density at radius 1 is 1.24 bits per heavy atom. The molecule has 0 fully saturated rings. The number of carboxylic acid groups (broad SMARTS) is 1. The van der Waals surface area contributed by atoms with Crippen LogP contribution in [0.25, 0.3) is 0 Å². The molecule has 92 valence electrons. The Morgan fingerprint density at radius 2 is 1.88 bits per heavy atom. The number of carbonyl (C=O) groups excluding carboxylic acids is 1. The number of ketones is 1. The third kappa shape index (κ3) is 2.75. The van der Waals surface area contributed by atoms with Gasteiger partial charge in [-0.25, -0.2) is 0 Å². The normalized spacial score (nSPS) is 11.7. The zero-order valence-electron chi connectivity index (χ0n) is 9.89. The number of carboxylic acids is 1. The van der Waals surface area contributed by atoms with Crippen LogP contribution in [0.15, 0.2) is 18.2 Å². The summed E-state index contributed by atoms with van der Waals surface area (Å²) in [6, 6.07) is 4.68. The third-order valence-electron chi connectivity index (χ3n) is 2.44. The van der Waals surface area contributed by atoms with Crippen LogP contribution >= 0.6 is 0 Å². The predicted molar refractivity (Wildman–Crippen MR) is 60.7 cm³/mol. The van der Waals surface area contributed by atoms with Crippen LogP contribution in [0, 0.1) is 5.92 Å². The molecule has 1 unspecified atom stereocenters. The second kappa shape index (κ2) is 5.34. The Bertz CT molecular complexity index is 439. The van der Waals surface area contributed by atoms with E-state index < -0.39 is 17.7 Å². The smallest absolute Gasteiger partial charge is 0.314 e. The van der Waals surface area contributed by atoms with Gasteiger partial charge in [-0.15, -0.1) is 0 Å². The molecule has 0 aliphatic rings. The van der Waals surface area contributed by atoms with Crippen molar-refractivity contribution in [2.75, 3.05) is 14.2 Å². The molecule has 0 heterocycles. The Labute approximate surface area is 99.0 Å². The highest BCUT2D eigenvalue weighted by Gasteiger charge is 2.25. The van der Waals surface area contributed by atoms with Gasteiger partial charge in [-0.3, -0.25) is 9.59 Å². The van der Waals surface area contributed by atoms with E-state index in [4.69, 9.17) is 14.6 Å². The minimum atomic E-state index is -1.17. The zero-order chi connectivity index (χ0) is 13.0. The molecule has 1 aromatic rings. The van der Waals surface area contributed by atoms with E-state index in [1.165, 1.54) is 27.2 Å². The predicted octanol–water partition coefficient (Wildman–Crippen LogP) is 1.61. The minimum absolute atomic E-state index is 0.210. The fourth-order valence-corrected chi connectivity index (χ4v) is 1.35. The Kier molecular flexibility index (Phi) is 4.09. The van der Waals surface area contributed by atoms with Crippen LogP contribution < -0.4 is 9.47 Å². The van der Waals surface area contributed by atoms with E-state index in [0.717, 1.165) is 0 Å². The van der Waals surface area contributed by atoms with Crippen molar-refractivity contribution in [3.63, 3.8) is 0 Å². The van der Waals surface area contributed by atoms with Gasteiger partial charge in [0.05, 0.1) is 19.8 Å². The van der Waals surface area contributed by atoms with E-state index in [2.05, 4.69) is 0 Å². The van der Waals surface area contributed by atoms with Crippen molar-refractivity contribution < 1.29 is 24.2 Å². The van der Waals surface area contributed by atoms with Gasteiger partial charge in [0.2, 0.25) is 0 Å². The number of hydrogen-bond donors (Lipinski definition) is 1. The van der Waals surface area contributed by atoms with Gasteiger partial charge in [0, 0.05) is 0 Å². The van der Waals surface area contributed by atoms with E-state index in [-0.39, 0.29) is 5.56 Å². The maximum absolute atomic E-state index is 11.9. The van der Waals surface area contributed by atoms with Crippen LogP contribution in [0.2, 0.25) is 0 Å². The summed E-state index contributed by atoms with van der Waals surface area (Å²) in [6.07, 6.45) is 0. The highest BCUT2D eigenvalue weighted by Crippen LogP contribution is 2.26. The summed E-state index contributed by atoms with van der Waals surface area (Å²) in [5, 5.41) is 8.81. The molecule has 0 aromatic heterocycles. The third-order valence-corrected chi connectivity index (χ3v) is 2.44. The van der Waals surface area contributed by atoms with Crippen LogP contribution in [0.4, 0.5) is 0 Å². The lowest BCUT2D eigenvalue weighted by Gasteiger charge is -2.11. The van der Waals surface area contributed by atoms with Crippen molar-refractivity contribution in [1.82, 2.24) is 0 Å². The van der Waals surface area contributed by atoms with Gasteiger partial charge in [-0.2, -0.15) is 0 Å². The molecule has 0 spiro atoms. The molecule has 1 atom stereocenters. The summed E-state index contributed by atoms with van der Waals surface area (Å²) < 4.78 is 10.0. The molecule has 1 rings (SSSR count). The summed E-state index contributed by atoms with van der Waals surface area (Å²) in [7, 11) is 2.89. The fourth-order valence-electron chi connectivity index (χ4n) is 1.35. The van der Waals surface area contributed by atoms with Crippen LogP contribution in [-0.2, 0) is 4.79 Å². The van der Waals surface area contributed by atoms with E-state index in [0.29, 0.717) is 11.5 Å². The van der Waals surface area contributed by atoms with Crippen molar-refractivity contribution in [2.24, 2.45) is 5.92 Å².